The van der Waals surface area contributed by atoms with Crippen molar-refractivity contribution in [3.8, 4) is 0 Å². The van der Waals surface area contributed by atoms with Crippen LogP contribution in [-0.4, -0.2) is 22.5 Å². The van der Waals surface area contributed by atoms with Crippen molar-refractivity contribution in [1.82, 2.24) is 0 Å². The largest absolute Gasteiger partial charge is 0.512 e. The lowest BCUT2D eigenvalue weighted by Crippen LogP contribution is -2.43. The van der Waals surface area contributed by atoms with Gasteiger partial charge in [-0.1, -0.05) is 33.8 Å². The van der Waals surface area contributed by atoms with E-state index in [1.54, 1.807) is 0 Å². The Bertz CT molecular complexity index is 907. The number of carbonyl (C=O) groups is 3. The molecule has 0 amide bonds. The molecule has 0 aliphatic heterocycles. The molecule has 1 atom stereocenters. The molecule has 0 bridgehead atoms. The SMILES string of the molecule is CC1(C)CC(=O)C([C@H](C2=C(O)CC(C)(C)CC2=O)c2ccc(F)c(F)c2)C(=O)C1. The highest BCUT2D eigenvalue weighted by Crippen LogP contribution is 2.47. The molecule has 2 aliphatic carbocycles. The fourth-order valence-electron chi connectivity index (χ4n) is 4.66. The molecule has 0 unspecified atom stereocenters. The first-order valence-electron chi connectivity index (χ1n) is 9.77. The molecule has 1 N–H and O–H groups in total. The minimum atomic E-state index is -1.20. The third-order valence-corrected chi connectivity index (χ3v) is 5.84. The van der Waals surface area contributed by atoms with E-state index in [1.807, 2.05) is 27.7 Å². The number of ketones is 3. The Hall–Kier alpha value is -2.37. The molecule has 0 radical (unpaired) electrons. The first-order valence-corrected chi connectivity index (χ1v) is 9.77. The first-order chi connectivity index (χ1) is 13.3. The van der Waals surface area contributed by atoms with E-state index in [-0.39, 0.29) is 59.9 Å². The second-order valence-electron chi connectivity index (χ2n) is 9.88. The number of allylic oxidation sites excluding steroid dienone is 2. The monoisotopic (exact) mass is 404 g/mol. The summed E-state index contributed by atoms with van der Waals surface area (Å²) < 4.78 is 27.5. The van der Waals surface area contributed by atoms with Crippen molar-refractivity contribution >= 4 is 17.3 Å². The smallest absolute Gasteiger partial charge is 0.163 e. The molecule has 6 heteroatoms. The van der Waals surface area contributed by atoms with Crippen molar-refractivity contribution in [2.45, 2.75) is 59.3 Å². The lowest BCUT2D eigenvalue weighted by molar-refractivity contribution is -0.140. The van der Waals surface area contributed by atoms with Crippen molar-refractivity contribution < 1.29 is 28.3 Å². The molecule has 0 spiro atoms. The molecule has 0 aromatic heterocycles. The maximum Gasteiger partial charge on any atom is 0.163 e. The molecular formula is C23H26F2O4. The van der Waals surface area contributed by atoms with Crippen LogP contribution in [0.3, 0.4) is 0 Å². The topological polar surface area (TPSA) is 71.4 Å². The quantitative estimate of drug-likeness (QED) is 0.733. The summed E-state index contributed by atoms with van der Waals surface area (Å²) in [4.78, 5) is 38.9. The number of carbonyl (C=O) groups excluding carboxylic acids is 3. The van der Waals surface area contributed by atoms with Crippen LogP contribution in [0.15, 0.2) is 29.5 Å². The molecule has 3 rings (SSSR count). The molecule has 1 aromatic carbocycles. The maximum absolute atomic E-state index is 14.0. The minimum absolute atomic E-state index is 0.0262. The molecule has 4 nitrogen and oxygen atoms in total. The number of benzene rings is 1. The van der Waals surface area contributed by atoms with Gasteiger partial charge in [-0.3, -0.25) is 14.4 Å². The van der Waals surface area contributed by atoms with Gasteiger partial charge in [-0.05, 0) is 28.5 Å². The Kier molecular flexibility index (Phi) is 5.26. The van der Waals surface area contributed by atoms with Crippen LogP contribution < -0.4 is 0 Å². The molecule has 1 saturated carbocycles. The van der Waals surface area contributed by atoms with Gasteiger partial charge < -0.3 is 5.11 Å². The standard InChI is InChI=1S/C23H26F2O4/c1-22(2)8-15(26)20(16(27)9-22)19(12-5-6-13(24)14(25)7-12)21-17(28)10-23(3,4)11-18(21)29/h5-7,19-20,28H,8-11H2,1-4H3/t19-/m1/s1. The second-order valence-corrected chi connectivity index (χ2v) is 9.88. The van der Waals surface area contributed by atoms with Gasteiger partial charge in [-0.2, -0.15) is 0 Å². The molecule has 156 valence electrons. The molecular weight excluding hydrogens is 378 g/mol. The number of hydrogen-bond donors (Lipinski definition) is 1. The molecule has 2 aliphatic rings. The van der Waals surface area contributed by atoms with Crippen molar-refractivity contribution in [3.05, 3.63) is 46.7 Å². The highest BCUT2D eigenvalue weighted by atomic mass is 19.2. The molecule has 1 fully saturated rings. The van der Waals surface area contributed by atoms with Gasteiger partial charge in [-0.15, -0.1) is 0 Å². The van der Waals surface area contributed by atoms with Gasteiger partial charge >= 0.3 is 0 Å². The zero-order chi connectivity index (χ0) is 21.7. The average Bonchev–Trinajstić information content (AvgIpc) is 2.52. The van der Waals surface area contributed by atoms with E-state index in [0.29, 0.717) is 0 Å². The molecule has 1 aromatic rings. The van der Waals surface area contributed by atoms with E-state index >= 15 is 0 Å². The Morgan fingerprint density at radius 1 is 0.897 bits per heavy atom. The summed E-state index contributed by atoms with van der Waals surface area (Å²) in [7, 11) is 0. The van der Waals surface area contributed by atoms with Gasteiger partial charge in [0.05, 0.1) is 5.92 Å². The zero-order valence-corrected chi connectivity index (χ0v) is 17.1. The number of rotatable bonds is 3. The predicted molar refractivity (Wildman–Crippen MR) is 103 cm³/mol. The minimum Gasteiger partial charge on any atom is -0.512 e. The van der Waals surface area contributed by atoms with E-state index in [0.717, 1.165) is 12.1 Å². The third-order valence-electron chi connectivity index (χ3n) is 5.84. The Balaban J connectivity index is 2.18. The van der Waals surface area contributed by atoms with Gasteiger partial charge in [0.2, 0.25) is 0 Å². The van der Waals surface area contributed by atoms with Crippen molar-refractivity contribution in [1.29, 1.82) is 0 Å². The highest BCUT2D eigenvalue weighted by molar-refractivity contribution is 6.09. The van der Waals surface area contributed by atoms with E-state index < -0.39 is 34.3 Å². The van der Waals surface area contributed by atoms with Crippen LogP contribution in [0.25, 0.3) is 0 Å². The lowest BCUT2D eigenvalue weighted by Gasteiger charge is -2.39. The summed E-state index contributed by atoms with van der Waals surface area (Å²) >= 11 is 0. The van der Waals surface area contributed by atoms with Crippen molar-refractivity contribution in [3.63, 3.8) is 0 Å². The van der Waals surface area contributed by atoms with Crippen molar-refractivity contribution in [2.75, 3.05) is 0 Å². The highest BCUT2D eigenvalue weighted by Gasteiger charge is 2.48. The fraction of sp³-hybridized carbons (Fsp3) is 0.522. The summed E-state index contributed by atoms with van der Waals surface area (Å²) in [5.74, 6) is -5.78. The van der Waals surface area contributed by atoms with Gasteiger partial charge in [0, 0.05) is 37.2 Å². The van der Waals surface area contributed by atoms with Gasteiger partial charge in [-0.25, -0.2) is 8.78 Å². The average molecular weight is 404 g/mol. The number of halogens is 2. The van der Waals surface area contributed by atoms with Crippen LogP contribution >= 0.6 is 0 Å². The van der Waals surface area contributed by atoms with Crippen LogP contribution in [0, 0.1) is 28.4 Å². The van der Waals surface area contributed by atoms with Crippen LogP contribution in [0.1, 0.15) is 64.9 Å². The van der Waals surface area contributed by atoms with Gasteiger partial charge in [0.15, 0.2) is 17.4 Å². The molecule has 0 heterocycles. The number of Topliss-reactive ketones (excluding diaryl/α,β-unsaturated/α-hetero) is 3. The van der Waals surface area contributed by atoms with E-state index in [9.17, 15) is 28.3 Å². The van der Waals surface area contributed by atoms with E-state index in [1.165, 1.54) is 6.07 Å². The maximum atomic E-state index is 14.0. The van der Waals surface area contributed by atoms with Crippen LogP contribution in [0.2, 0.25) is 0 Å². The second kappa shape index (κ2) is 7.15. The van der Waals surface area contributed by atoms with Gasteiger partial charge in [0.25, 0.3) is 0 Å². The fourth-order valence-corrected chi connectivity index (χ4v) is 4.66. The zero-order valence-electron chi connectivity index (χ0n) is 17.1. The van der Waals surface area contributed by atoms with Crippen LogP contribution in [0.4, 0.5) is 8.78 Å². The summed E-state index contributed by atoms with van der Waals surface area (Å²) in [6, 6.07) is 3.10. The molecule has 29 heavy (non-hydrogen) atoms. The summed E-state index contributed by atoms with van der Waals surface area (Å²) in [6.45, 7) is 7.31. The first kappa shape index (κ1) is 21.3. The number of hydrogen-bond acceptors (Lipinski definition) is 4. The summed E-state index contributed by atoms with van der Waals surface area (Å²) in [6.07, 6.45) is 0.608. The van der Waals surface area contributed by atoms with Crippen LogP contribution in [0.5, 0.6) is 0 Å². The van der Waals surface area contributed by atoms with Crippen molar-refractivity contribution in [2.24, 2.45) is 16.7 Å². The Morgan fingerprint density at radius 2 is 1.45 bits per heavy atom. The Labute approximate surface area is 169 Å². The van der Waals surface area contributed by atoms with Gasteiger partial charge in [0.1, 0.15) is 17.3 Å². The lowest BCUT2D eigenvalue weighted by atomic mass is 9.62. The molecule has 0 saturated heterocycles. The Morgan fingerprint density at radius 3 is 1.97 bits per heavy atom. The normalized spacial score (nSPS) is 23.4. The summed E-state index contributed by atoms with van der Waals surface area (Å²) in [5, 5.41) is 10.7. The van der Waals surface area contributed by atoms with E-state index in [2.05, 4.69) is 0 Å². The third kappa shape index (κ3) is 4.16. The number of aliphatic hydroxyl groups is 1. The van der Waals surface area contributed by atoms with E-state index in [4.69, 9.17) is 0 Å². The van der Waals surface area contributed by atoms with Crippen LogP contribution in [-0.2, 0) is 14.4 Å². The summed E-state index contributed by atoms with van der Waals surface area (Å²) in [5.41, 5.74) is -0.851. The predicted octanol–water partition coefficient (Wildman–Crippen LogP) is 4.82. The number of aliphatic hydroxyl groups excluding tert-OH is 1.